The summed E-state index contributed by atoms with van der Waals surface area (Å²) in [5, 5.41) is 6.48. The molecule has 5 nitrogen and oxygen atoms in total. The van der Waals surface area contributed by atoms with Crippen molar-refractivity contribution in [3.05, 3.63) is 47.3 Å². The van der Waals surface area contributed by atoms with E-state index < -0.39 is 0 Å². The van der Waals surface area contributed by atoms with E-state index in [-0.39, 0.29) is 12.0 Å². The summed E-state index contributed by atoms with van der Waals surface area (Å²) in [5.74, 6) is 1.28. The first-order chi connectivity index (χ1) is 9.22. The quantitative estimate of drug-likeness (QED) is 0.910. The van der Waals surface area contributed by atoms with Gasteiger partial charge in [0.1, 0.15) is 17.6 Å². The van der Waals surface area contributed by atoms with E-state index in [1.54, 1.807) is 13.0 Å². The Bertz CT molecular complexity index is 581. The minimum atomic E-state index is -0.239. The maximum Gasteiger partial charge on any atom is 0.273 e. The summed E-state index contributed by atoms with van der Waals surface area (Å²) in [6.45, 7) is 2.21. The van der Waals surface area contributed by atoms with Crippen molar-refractivity contribution < 1.29 is 14.1 Å². The van der Waals surface area contributed by atoms with E-state index in [1.165, 1.54) is 5.56 Å². The summed E-state index contributed by atoms with van der Waals surface area (Å²) in [6, 6.07) is 9.52. The first kappa shape index (κ1) is 11.8. The van der Waals surface area contributed by atoms with Crippen LogP contribution in [-0.4, -0.2) is 23.7 Å². The third kappa shape index (κ3) is 2.45. The van der Waals surface area contributed by atoms with Gasteiger partial charge in [0.25, 0.3) is 5.91 Å². The fraction of sp³-hybridized carbons (Fsp3) is 0.286. The molecule has 2 aromatic rings. The summed E-state index contributed by atoms with van der Waals surface area (Å²) in [4.78, 5) is 11.8. The van der Waals surface area contributed by atoms with Crippen molar-refractivity contribution in [2.24, 2.45) is 0 Å². The van der Waals surface area contributed by atoms with Crippen LogP contribution in [0.2, 0.25) is 0 Å². The van der Waals surface area contributed by atoms with Gasteiger partial charge in [-0.2, -0.15) is 0 Å². The predicted octanol–water partition coefficient (Wildman–Crippen LogP) is 1.72. The number of hydrogen-bond donors (Lipinski definition) is 1. The van der Waals surface area contributed by atoms with Crippen molar-refractivity contribution in [3.63, 3.8) is 0 Å². The molecule has 1 amide bonds. The van der Waals surface area contributed by atoms with Crippen molar-refractivity contribution in [1.29, 1.82) is 0 Å². The molecule has 0 radical (unpaired) electrons. The van der Waals surface area contributed by atoms with Crippen LogP contribution in [-0.2, 0) is 6.42 Å². The van der Waals surface area contributed by atoms with Gasteiger partial charge in [0.05, 0.1) is 6.54 Å². The Morgan fingerprint density at radius 2 is 2.32 bits per heavy atom. The lowest BCUT2D eigenvalue weighted by molar-refractivity contribution is 0.0924. The number of ether oxygens (including phenoxy) is 1. The number of nitrogens with one attached hydrogen (secondary N) is 1. The molecule has 0 bridgehead atoms. The number of rotatable bonds is 3. The zero-order valence-electron chi connectivity index (χ0n) is 10.6. The second-order valence-electron chi connectivity index (χ2n) is 4.58. The van der Waals surface area contributed by atoms with Crippen LogP contribution in [0, 0.1) is 6.92 Å². The number of hydrogen-bond acceptors (Lipinski definition) is 4. The lowest BCUT2D eigenvalue weighted by Crippen LogP contribution is -2.34. The molecule has 0 aliphatic carbocycles. The summed E-state index contributed by atoms with van der Waals surface area (Å²) < 4.78 is 10.6. The zero-order valence-corrected chi connectivity index (χ0v) is 10.6. The van der Waals surface area contributed by atoms with Crippen molar-refractivity contribution in [2.75, 3.05) is 6.54 Å². The standard InChI is InChI=1S/C14H14N2O3/c1-9-6-12(16-19-9)14(17)15-8-11-7-10-4-2-3-5-13(10)18-11/h2-6,11H,7-8H2,1H3,(H,15,17)/t11-/m0/s1. The number of nitrogens with zero attached hydrogens (tertiary/aromatic N) is 1. The maximum atomic E-state index is 11.8. The fourth-order valence-electron chi connectivity index (χ4n) is 2.14. The molecule has 0 unspecified atom stereocenters. The number of aromatic nitrogens is 1. The lowest BCUT2D eigenvalue weighted by atomic mass is 10.1. The largest absolute Gasteiger partial charge is 0.488 e. The van der Waals surface area contributed by atoms with Gasteiger partial charge in [0, 0.05) is 12.5 Å². The monoisotopic (exact) mass is 258 g/mol. The molecule has 1 aromatic heterocycles. The second kappa shape index (κ2) is 4.76. The first-order valence-electron chi connectivity index (χ1n) is 6.18. The number of benzene rings is 1. The maximum absolute atomic E-state index is 11.8. The SMILES string of the molecule is Cc1cc(C(=O)NC[C@@H]2Cc3ccccc3O2)no1. The second-order valence-corrected chi connectivity index (χ2v) is 4.58. The van der Waals surface area contributed by atoms with Gasteiger partial charge in [-0.1, -0.05) is 23.4 Å². The Kier molecular flexibility index (Phi) is 2.95. The molecule has 0 spiro atoms. The van der Waals surface area contributed by atoms with Gasteiger partial charge >= 0.3 is 0 Å². The molecule has 5 heteroatoms. The van der Waals surface area contributed by atoms with E-state index >= 15 is 0 Å². The van der Waals surface area contributed by atoms with Gasteiger partial charge < -0.3 is 14.6 Å². The zero-order chi connectivity index (χ0) is 13.2. The third-order valence-electron chi connectivity index (χ3n) is 3.06. The normalized spacial score (nSPS) is 16.8. The van der Waals surface area contributed by atoms with E-state index in [4.69, 9.17) is 9.26 Å². The Hall–Kier alpha value is -2.30. The van der Waals surface area contributed by atoms with E-state index in [0.717, 1.165) is 12.2 Å². The number of fused-ring (bicyclic) bond motifs is 1. The van der Waals surface area contributed by atoms with Crippen LogP contribution in [0.4, 0.5) is 0 Å². The minimum Gasteiger partial charge on any atom is -0.488 e. The van der Waals surface area contributed by atoms with Crippen LogP contribution < -0.4 is 10.1 Å². The molecule has 0 fully saturated rings. The van der Waals surface area contributed by atoms with Crippen LogP contribution in [0.15, 0.2) is 34.9 Å². The lowest BCUT2D eigenvalue weighted by Gasteiger charge is -2.10. The van der Waals surface area contributed by atoms with Crippen LogP contribution in [0.25, 0.3) is 0 Å². The van der Waals surface area contributed by atoms with E-state index in [2.05, 4.69) is 10.5 Å². The van der Waals surface area contributed by atoms with Gasteiger partial charge in [-0.05, 0) is 18.6 Å². The number of amides is 1. The number of para-hydroxylation sites is 1. The van der Waals surface area contributed by atoms with Gasteiger partial charge in [-0.3, -0.25) is 4.79 Å². The van der Waals surface area contributed by atoms with Crippen LogP contribution in [0.1, 0.15) is 21.8 Å². The molecule has 98 valence electrons. The van der Waals surface area contributed by atoms with Crippen molar-refractivity contribution in [3.8, 4) is 5.75 Å². The number of carbonyl (C=O) groups excluding carboxylic acids is 1. The Labute approximate surface area is 110 Å². The molecule has 19 heavy (non-hydrogen) atoms. The van der Waals surface area contributed by atoms with Gasteiger partial charge in [0.15, 0.2) is 5.69 Å². The molecule has 0 saturated carbocycles. The first-order valence-corrected chi connectivity index (χ1v) is 6.18. The molecule has 1 aliphatic heterocycles. The third-order valence-corrected chi connectivity index (χ3v) is 3.06. The fourth-order valence-corrected chi connectivity index (χ4v) is 2.14. The summed E-state index contributed by atoms with van der Waals surface area (Å²) in [6.07, 6.45) is 0.795. The minimum absolute atomic E-state index is 0.0191. The summed E-state index contributed by atoms with van der Waals surface area (Å²) in [7, 11) is 0. The highest BCUT2D eigenvalue weighted by atomic mass is 16.5. The number of aryl methyl sites for hydroxylation is 1. The molecule has 1 aromatic carbocycles. The molecule has 3 rings (SSSR count). The van der Waals surface area contributed by atoms with Crippen LogP contribution in [0.5, 0.6) is 5.75 Å². The Balaban J connectivity index is 1.56. The van der Waals surface area contributed by atoms with Crippen LogP contribution in [0.3, 0.4) is 0 Å². The van der Waals surface area contributed by atoms with Gasteiger partial charge in [0.2, 0.25) is 0 Å². The summed E-state index contributed by atoms with van der Waals surface area (Å²) in [5.41, 5.74) is 1.48. The Morgan fingerprint density at radius 1 is 1.47 bits per heavy atom. The molecular weight excluding hydrogens is 244 g/mol. The topological polar surface area (TPSA) is 64.4 Å². The van der Waals surface area contributed by atoms with E-state index in [9.17, 15) is 4.79 Å². The van der Waals surface area contributed by atoms with Crippen LogP contribution >= 0.6 is 0 Å². The number of carbonyl (C=O) groups is 1. The van der Waals surface area contributed by atoms with E-state index in [1.807, 2.05) is 24.3 Å². The molecule has 1 atom stereocenters. The van der Waals surface area contributed by atoms with Crippen molar-refractivity contribution in [2.45, 2.75) is 19.4 Å². The molecule has 1 aliphatic rings. The van der Waals surface area contributed by atoms with Gasteiger partial charge in [-0.25, -0.2) is 0 Å². The van der Waals surface area contributed by atoms with Crippen molar-refractivity contribution in [1.82, 2.24) is 10.5 Å². The molecule has 2 heterocycles. The summed E-state index contributed by atoms with van der Waals surface area (Å²) >= 11 is 0. The predicted molar refractivity (Wildman–Crippen MR) is 68.1 cm³/mol. The Morgan fingerprint density at radius 3 is 3.05 bits per heavy atom. The highest BCUT2D eigenvalue weighted by Crippen LogP contribution is 2.27. The average Bonchev–Trinajstić information content (AvgIpc) is 3.01. The van der Waals surface area contributed by atoms with E-state index in [0.29, 0.717) is 18.0 Å². The smallest absolute Gasteiger partial charge is 0.273 e. The molecule has 0 saturated heterocycles. The van der Waals surface area contributed by atoms with Crippen molar-refractivity contribution >= 4 is 5.91 Å². The highest BCUT2D eigenvalue weighted by Gasteiger charge is 2.23. The average molecular weight is 258 g/mol. The molecular formula is C14H14N2O3. The van der Waals surface area contributed by atoms with Gasteiger partial charge in [-0.15, -0.1) is 0 Å². The highest BCUT2D eigenvalue weighted by molar-refractivity contribution is 5.92. The molecule has 1 N–H and O–H groups in total.